The summed E-state index contributed by atoms with van der Waals surface area (Å²) in [5, 5.41) is 3.66. The molecule has 2 aromatic carbocycles. The van der Waals surface area contributed by atoms with Gasteiger partial charge in [0.05, 0.1) is 6.42 Å². The van der Waals surface area contributed by atoms with E-state index in [0.717, 1.165) is 5.56 Å². The van der Waals surface area contributed by atoms with Crippen molar-refractivity contribution in [3.05, 3.63) is 82.8 Å². The average molecular weight is 304 g/mol. The van der Waals surface area contributed by atoms with E-state index in [4.69, 9.17) is 11.6 Å². The zero-order chi connectivity index (χ0) is 15.2. The fraction of sp³-hybridized carbons (Fsp3) is 0.118. The summed E-state index contributed by atoms with van der Waals surface area (Å²) in [5.41, 5.74) is 2.15. The summed E-state index contributed by atoms with van der Waals surface area (Å²) in [4.78, 5) is 12.0. The lowest BCUT2D eigenvalue weighted by Gasteiger charge is -2.09. The molecule has 2 rings (SSSR count). The van der Waals surface area contributed by atoms with E-state index < -0.39 is 0 Å². The number of carbonyl (C=O) groups is 1. The number of ketones is 1. The molecule has 0 saturated carbocycles. The van der Waals surface area contributed by atoms with Crippen LogP contribution >= 0.6 is 11.6 Å². The molecule has 2 nitrogen and oxygen atoms in total. The van der Waals surface area contributed by atoms with Gasteiger partial charge in [-0.15, -0.1) is 0 Å². The van der Waals surface area contributed by atoms with Crippen LogP contribution in [0, 0.1) is 5.82 Å². The molecule has 0 aliphatic carbocycles. The summed E-state index contributed by atoms with van der Waals surface area (Å²) >= 11 is 5.78. The maximum Gasteiger partial charge on any atom is 0.168 e. The van der Waals surface area contributed by atoms with Crippen molar-refractivity contribution in [2.75, 3.05) is 0 Å². The maximum atomic E-state index is 12.8. The van der Waals surface area contributed by atoms with Crippen LogP contribution in [-0.4, -0.2) is 5.78 Å². The highest BCUT2D eigenvalue weighted by atomic mass is 35.5. The Morgan fingerprint density at radius 1 is 1.10 bits per heavy atom. The third-order valence-corrected chi connectivity index (χ3v) is 3.25. The number of Topliss-reactive ketones (excluding diaryl/α,β-unsaturated/α-hetero) is 1. The summed E-state index contributed by atoms with van der Waals surface area (Å²) in [5.74, 6) is -0.293. The molecule has 0 bridgehead atoms. The molecule has 1 N–H and O–H groups in total. The molecule has 0 aliphatic heterocycles. The van der Waals surface area contributed by atoms with Gasteiger partial charge in [-0.1, -0.05) is 30.3 Å². The monoisotopic (exact) mass is 303 g/mol. The highest BCUT2D eigenvalue weighted by Crippen LogP contribution is 2.12. The Kier molecular flexibility index (Phi) is 5.12. The predicted molar refractivity (Wildman–Crippen MR) is 82.8 cm³/mol. The summed E-state index contributed by atoms with van der Waals surface area (Å²) < 4.78 is 12.8. The lowest BCUT2D eigenvalue weighted by atomic mass is 10.1. The number of nitrogens with one attached hydrogen (secondary N) is 1. The zero-order valence-corrected chi connectivity index (χ0v) is 12.2. The van der Waals surface area contributed by atoms with Crippen LogP contribution in [0.2, 0.25) is 5.02 Å². The quantitative estimate of drug-likeness (QED) is 0.804. The minimum absolute atomic E-state index is 0.0247. The highest BCUT2D eigenvalue weighted by Gasteiger charge is 2.07. The summed E-state index contributed by atoms with van der Waals surface area (Å²) in [6, 6.07) is 12.9. The van der Waals surface area contributed by atoms with Gasteiger partial charge >= 0.3 is 0 Å². The minimum Gasteiger partial charge on any atom is -0.384 e. The number of carbonyl (C=O) groups excluding carboxylic acids is 1. The van der Waals surface area contributed by atoms with E-state index in [9.17, 15) is 9.18 Å². The van der Waals surface area contributed by atoms with Gasteiger partial charge in [-0.05, 0) is 42.0 Å². The van der Waals surface area contributed by atoms with Gasteiger partial charge in [0.25, 0.3) is 0 Å². The molecule has 4 heteroatoms. The molecule has 0 spiro atoms. The first kappa shape index (κ1) is 15.3. The molecule has 0 saturated heterocycles. The molecule has 21 heavy (non-hydrogen) atoms. The highest BCUT2D eigenvalue weighted by molar-refractivity contribution is 6.30. The largest absolute Gasteiger partial charge is 0.384 e. The van der Waals surface area contributed by atoms with Crippen molar-refractivity contribution in [3.63, 3.8) is 0 Å². The van der Waals surface area contributed by atoms with Crippen LogP contribution in [0.3, 0.4) is 0 Å². The molecule has 0 heterocycles. The van der Waals surface area contributed by atoms with Gasteiger partial charge in [0.15, 0.2) is 5.78 Å². The molecule has 0 unspecified atom stereocenters. The van der Waals surface area contributed by atoms with E-state index in [1.165, 1.54) is 12.1 Å². The van der Waals surface area contributed by atoms with Crippen LogP contribution < -0.4 is 5.32 Å². The number of allylic oxidation sites excluding steroid dienone is 1. The zero-order valence-electron chi connectivity index (χ0n) is 11.4. The van der Waals surface area contributed by atoms with Crippen molar-refractivity contribution in [1.29, 1.82) is 0 Å². The van der Waals surface area contributed by atoms with Crippen LogP contribution in [-0.2, 0) is 6.54 Å². The van der Waals surface area contributed by atoms with Crippen LogP contribution in [0.1, 0.15) is 22.3 Å². The normalized spacial score (nSPS) is 10.2. The fourth-order valence-electron chi connectivity index (χ4n) is 1.82. The molecule has 0 amide bonds. The SMILES string of the molecule is C=C(CC(=O)c1ccc(Cl)cc1)NCc1ccc(F)cc1. The van der Waals surface area contributed by atoms with Gasteiger partial charge < -0.3 is 5.32 Å². The topological polar surface area (TPSA) is 29.1 Å². The van der Waals surface area contributed by atoms with Crippen LogP contribution in [0.25, 0.3) is 0 Å². The Hall–Kier alpha value is -2.13. The summed E-state index contributed by atoms with van der Waals surface area (Å²) in [6.07, 6.45) is 0.211. The summed E-state index contributed by atoms with van der Waals surface area (Å²) in [6.45, 7) is 4.35. The second kappa shape index (κ2) is 7.04. The lowest BCUT2D eigenvalue weighted by Crippen LogP contribution is -2.15. The number of rotatable bonds is 6. The van der Waals surface area contributed by atoms with E-state index in [-0.39, 0.29) is 18.0 Å². The first-order chi connectivity index (χ1) is 10.0. The van der Waals surface area contributed by atoms with Crippen molar-refractivity contribution < 1.29 is 9.18 Å². The van der Waals surface area contributed by atoms with Crippen LogP contribution in [0.15, 0.2) is 60.8 Å². The van der Waals surface area contributed by atoms with Crippen LogP contribution in [0.4, 0.5) is 4.39 Å². The van der Waals surface area contributed by atoms with E-state index in [2.05, 4.69) is 11.9 Å². The van der Waals surface area contributed by atoms with Crippen molar-refractivity contribution in [3.8, 4) is 0 Å². The first-order valence-corrected chi connectivity index (χ1v) is 6.87. The van der Waals surface area contributed by atoms with Crippen molar-refractivity contribution in [1.82, 2.24) is 5.32 Å². The predicted octanol–water partition coefficient (Wildman–Crippen LogP) is 4.36. The van der Waals surface area contributed by atoms with E-state index in [1.54, 1.807) is 36.4 Å². The second-order valence-electron chi connectivity index (χ2n) is 4.69. The summed E-state index contributed by atoms with van der Waals surface area (Å²) in [7, 11) is 0. The molecule has 108 valence electrons. The Bertz CT molecular complexity index is 635. The van der Waals surface area contributed by atoms with Crippen molar-refractivity contribution >= 4 is 17.4 Å². The number of benzene rings is 2. The number of halogens is 2. The smallest absolute Gasteiger partial charge is 0.168 e. The second-order valence-corrected chi connectivity index (χ2v) is 5.13. The van der Waals surface area contributed by atoms with E-state index in [0.29, 0.717) is 22.8 Å². The molecular weight excluding hydrogens is 289 g/mol. The van der Waals surface area contributed by atoms with Gasteiger partial charge in [0, 0.05) is 22.8 Å². The fourth-order valence-corrected chi connectivity index (χ4v) is 1.95. The van der Waals surface area contributed by atoms with Crippen molar-refractivity contribution in [2.24, 2.45) is 0 Å². The number of hydrogen-bond acceptors (Lipinski definition) is 2. The van der Waals surface area contributed by atoms with Gasteiger partial charge in [-0.25, -0.2) is 4.39 Å². The van der Waals surface area contributed by atoms with Crippen LogP contribution in [0.5, 0.6) is 0 Å². The van der Waals surface area contributed by atoms with Gasteiger partial charge in [-0.2, -0.15) is 0 Å². The molecule has 2 aromatic rings. The molecule has 0 aliphatic rings. The Labute approximate surface area is 128 Å². The van der Waals surface area contributed by atoms with Gasteiger partial charge in [0.2, 0.25) is 0 Å². The van der Waals surface area contributed by atoms with Gasteiger partial charge in [-0.3, -0.25) is 4.79 Å². The molecule has 0 radical (unpaired) electrons. The molecule has 0 atom stereocenters. The maximum absolute atomic E-state index is 12.8. The third-order valence-electron chi connectivity index (χ3n) is 3.00. The van der Waals surface area contributed by atoms with E-state index in [1.807, 2.05) is 0 Å². The average Bonchev–Trinajstić information content (AvgIpc) is 2.47. The Morgan fingerprint density at radius 3 is 2.33 bits per heavy atom. The Morgan fingerprint density at radius 2 is 1.71 bits per heavy atom. The van der Waals surface area contributed by atoms with Gasteiger partial charge in [0.1, 0.15) is 5.82 Å². The Balaban J connectivity index is 1.85. The number of hydrogen-bond donors (Lipinski definition) is 1. The lowest BCUT2D eigenvalue weighted by molar-refractivity contribution is 0.0991. The first-order valence-electron chi connectivity index (χ1n) is 6.49. The minimum atomic E-state index is -0.268. The van der Waals surface area contributed by atoms with Crippen molar-refractivity contribution in [2.45, 2.75) is 13.0 Å². The molecular formula is C17H15ClFNO. The molecule has 0 fully saturated rings. The molecule has 0 aromatic heterocycles. The third kappa shape index (κ3) is 4.72. The van der Waals surface area contributed by atoms with E-state index >= 15 is 0 Å². The standard InChI is InChI=1S/C17H15ClFNO/c1-12(20-11-13-2-8-16(19)9-3-13)10-17(21)14-4-6-15(18)7-5-14/h2-9,20H,1,10-11H2.